The van der Waals surface area contributed by atoms with Crippen molar-refractivity contribution in [3.05, 3.63) is 64.1 Å². The van der Waals surface area contributed by atoms with E-state index in [1.807, 2.05) is 42.5 Å². The van der Waals surface area contributed by atoms with Gasteiger partial charge in [-0.1, -0.05) is 47.5 Å². The van der Waals surface area contributed by atoms with Gasteiger partial charge in [0.05, 0.1) is 0 Å². The van der Waals surface area contributed by atoms with Gasteiger partial charge in [-0.15, -0.1) is 0 Å². The third-order valence-electron chi connectivity index (χ3n) is 3.63. The molecule has 1 unspecified atom stereocenters. The molecule has 2 nitrogen and oxygen atoms in total. The zero-order chi connectivity index (χ0) is 15.2. The first-order chi connectivity index (χ1) is 10.1. The lowest BCUT2D eigenvalue weighted by molar-refractivity contribution is 0.272. The van der Waals surface area contributed by atoms with Crippen molar-refractivity contribution in [2.75, 3.05) is 25.5 Å². The maximum Gasteiger partial charge on any atom is 0.0453 e. The average Bonchev–Trinajstić information content (AvgIpc) is 2.47. The molecule has 4 heteroatoms. The number of halogens is 2. The fourth-order valence-corrected chi connectivity index (χ4v) is 2.70. The van der Waals surface area contributed by atoms with Gasteiger partial charge in [-0.2, -0.15) is 0 Å². The van der Waals surface area contributed by atoms with Crippen molar-refractivity contribution in [1.29, 1.82) is 0 Å². The highest BCUT2D eigenvalue weighted by Gasteiger charge is 2.13. The van der Waals surface area contributed by atoms with Gasteiger partial charge in [0.25, 0.3) is 0 Å². The number of rotatable bonds is 6. The molecule has 0 aliphatic rings. The van der Waals surface area contributed by atoms with E-state index >= 15 is 0 Å². The second kappa shape index (κ2) is 7.69. The lowest BCUT2D eigenvalue weighted by Crippen LogP contribution is -2.28. The Morgan fingerprint density at radius 2 is 1.86 bits per heavy atom. The standard InChI is InChI=1S/C17H20Cl2N2/c1-13(16-8-3-4-9-17(16)19)21(2)11-10-20-15-7-5-6-14(18)12-15/h3-9,12-13,20H,10-11H2,1-2H3. The molecule has 0 aliphatic carbocycles. The zero-order valence-electron chi connectivity index (χ0n) is 12.3. The minimum Gasteiger partial charge on any atom is -0.384 e. The maximum atomic E-state index is 6.25. The molecule has 0 aromatic heterocycles. The molecule has 0 bridgehead atoms. The van der Waals surface area contributed by atoms with E-state index in [4.69, 9.17) is 23.2 Å². The summed E-state index contributed by atoms with van der Waals surface area (Å²) in [7, 11) is 2.10. The van der Waals surface area contributed by atoms with E-state index in [1.54, 1.807) is 0 Å². The Hall–Kier alpha value is -1.22. The van der Waals surface area contributed by atoms with Crippen LogP contribution in [-0.4, -0.2) is 25.0 Å². The SMILES string of the molecule is CC(c1ccccc1Cl)N(C)CCNc1cccc(Cl)c1. The summed E-state index contributed by atoms with van der Waals surface area (Å²) in [6.07, 6.45) is 0. The maximum absolute atomic E-state index is 6.25. The molecule has 0 radical (unpaired) electrons. The van der Waals surface area contributed by atoms with Gasteiger partial charge in [-0.05, 0) is 43.8 Å². The van der Waals surface area contributed by atoms with Crippen molar-refractivity contribution in [3.8, 4) is 0 Å². The van der Waals surface area contributed by atoms with Gasteiger partial charge >= 0.3 is 0 Å². The monoisotopic (exact) mass is 322 g/mol. The third kappa shape index (κ3) is 4.63. The van der Waals surface area contributed by atoms with Crippen molar-refractivity contribution in [3.63, 3.8) is 0 Å². The van der Waals surface area contributed by atoms with E-state index in [0.717, 1.165) is 34.4 Å². The fourth-order valence-electron chi connectivity index (χ4n) is 2.22. The molecule has 0 aliphatic heterocycles. The van der Waals surface area contributed by atoms with Crippen LogP contribution in [0.4, 0.5) is 5.69 Å². The van der Waals surface area contributed by atoms with E-state index in [9.17, 15) is 0 Å². The van der Waals surface area contributed by atoms with Crippen LogP contribution in [0.3, 0.4) is 0 Å². The van der Waals surface area contributed by atoms with Gasteiger partial charge in [0.2, 0.25) is 0 Å². The van der Waals surface area contributed by atoms with Crippen molar-refractivity contribution >= 4 is 28.9 Å². The van der Waals surface area contributed by atoms with Crippen molar-refractivity contribution in [2.24, 2.45) is 0 Å². The average molecular weight is 323 g/mol. The smallest absolute Gasteiger partial charge is 0.0453 e. The second-order valence-electron chi connectivity index (χ2n) is 5.12. The van der Waals surface area contributed by atoms with Crippen molar-refractivity contribution in [1.82, 2.24) is 4.90 Å². The molecule has 0 heterocycles. The summed E-state index contributed by atoms with van der Waals surface area (Å²) in [6.45, 7) is 3.94. The predicted octanol–water partition coefficient (Wildman–Crippen LogP) is 5.10. The quantitative estimate of drug-likeness (QED) is 0.796. The van der Waals surface area contributed by atoms with Crippen LogP contribution in [0.5, 0.6) is 0 Å². The number of likely N-dealkylation sites (N-methyl/N-ethyl adjacent to an activating group) is 1. The summed E-state index contributed by atoms with van der Waals surface area (Å²) in [5.41, 5.74) is 2.20. The first kappa shape index (κ1) is 16.2. The zero-order valence-corrected chi connectivity index (χ0v) is 13.8. The molecule has 2 aromatic carbocycles. The summed E-state index contributed by atoms with van der Waals surface area (Å²) < 4.78 is 0. The molecule has 0 fully saturated rings. The van der Waals surface area contributed by atoms with Crippen LogP contribution in [-0.2, 0) is 0 Å². The number of hydrogen-bond donors (Lipinski definition) is 1. The van der Waals surface area contributed by atoms with Crippen molar-refractivity contribution < 1.29 is 0 Å². The van der Waals surface area contributed by atoms with Crippen LogP contribution in [0.1, 0.15) is 18.5 Å². The summed E-state index contributed by atoms with van der Waals surface area (Å²) >= 11 is 12.2. The summed E-state index contributed by atoms with van der Waals surface area (Å²) in [6, 6.07) is 16.0. The highest BCUT2D eigenvalue weighted by Crippen LogP contribution is 2.25. The number of benzene rings is 2. The summed E-state index contributed by atoms with van der Waals surface area (Å²) in [5, 5.41) is 4.95. The third-order valence-corrected chi connectivity index (χ3v) is 4.21. The minimum atomic E-state index is 0.278. The Bertz CT molecular complexity index is 587. The molecule has 21 heavy (non-hydrogen) atoms. The van der Waals surface area contributed by atoms with Crippen LogP contribution in [0.2, 0.25) is 10.0 Å². The van der Waals surface area contributed by atoms with E-state index in [2.05, 4.69) is 30.3 Å². The summed E-state index contributed by atoms with van der Waals surface area (Å²) in [4.78, 5) is 2.28. The number of hydrogen-bond acceptors (Lipinski definition) is 2. The van der Waals surface area contributed by atoms with Crippen molar-refractivity contribution in [2.45, 2.75) is 13.0 Å². The second-order valence-corrected chi connectivity index (χ2v) is 5.96. The lowest BCUT2D eigenvalue weighted by Gasteiger charge is -2.26. The van der Waals surface area contributed by atoms with Gasteiger partial charge in [0.1, 0.15) is 0 Å². The Kier molecular flexibility index (Phi) is 5.92. The van der Waals surface area contributed by atoms with Gasteiger partial charge < -0.3 is 5.32 Å². The predicted molar refractivity (Wildman–Crippen MR) is 92.4 cm³/mol. The topological polar surface area (TPSA) is 15.3 Å². The molecule has 0 amide bonds. The van der Waals surface area contributed by atoms with E-state index in [-0.39, 0.29) is 6.04 Å². The lowest BCUT2D eigenvalue weighted by atomic mass is 10.1. The molecular weight excluding hydrogens is 303 g/mol. The molecule has 2 rings (SSSR count). The fraction of sp³-hybridized carbons (Fsp3) is 0.294. The molecule has 0 saturated carbocycles. The van der Waals surface area contributed by atoms with Crippen LogP contribution in [0.25, 0.3) is 0 Å². The highest BCUT2D eigenvalue weighted by molar-refractivity contribution is 6.31. The molecule has 1 atom stereocenters. The van der Waals surface area contributed by atoms with Crippen LogP contribution < -0.4 is 5.32 Å². The van der Waals surface area contributed by atoms with Gasteiger partial charge in [-0.3, -0.25) is 4.90 Å². The number of anilines is 1. The van der Waals surface area contributed by atoms with Crippen LogP contribution in [0, 0.1) is 0 Å². The largest absolute Gasteiger partial charge is 0.384 e. The molecule has 1 N–H and O–H groups in total. The van der Waals surface area contributed by atoms with Gasteiger partial charge in [0.15, 0.2) is 0 Å². The molecular formula is C17H20Cl2N2. The highest BCUT2D eigenvalue weighted by atomic mass is 35.5. The summed E-state index contributed by atoms with van der Waals surface area (Å²) in [5.74, 6) is 0. The number of nitrogens with zero attached hydrogens (tertiary/aromatic N) is 1. The van der Waals surface area contributed by atoms with Crippen LogP contribution >= 0.6 is 23.2 Å². The van der Waals surface area contributed by atoms with Crippen LogP contribution in [0.15, 0.2) is 48.5 Å². The Morgan fingerprint density at radius 3 is 2.57 bits per heavy atom. The Morgan fingerprint density at radius 1 is 1.10 bits per heavy atom. The Balaban J connectivity index is 1.87. The normalized spacial score (nSPS) is 12.4. The van der Waals surface area contributed by atoms with E-state index in [0.29, 0.717) is 0 Å². The Labute approximate surface area is 136 Å². The van der Waals surface area contributed by atoms with E-state index < -0.39 is 0 Å². The molecule has 112 valence electrons. The first-order valence-electron chi connectivity index (χ1n) is 7.02. The molecule has 0 spiro atoms. The van der Waals surface area contributed by atoms with Gasteiger partial charge in [-0.25, -0.2) is 0 Å². The van der Waals surface area contributed by atoms with Gasteiger partial charge in [0, 0.05) is 34.9 Å². The number of nitrogens with one attached hydrogen (secondary N) is 1. The van der Waals surface area contributed by atoms with E-state index in [1.165, 1.54) is 0 Å². The first-order valence-corrected chi connectivity index (χ1v) is 7.77. The minimum absolute atomic E-state index is 0.278. The molecule has 2 aromatic rings. The molecule has 0 saturated heterocycles.